The van der Waals surface area contributed by atoms with Crippen molar-refractivity contribution in [1.82, 2.24) is 15.1 Å². The lowest BCUT2D eigenvalue weighted by Gasteiger charge is -2.12. The highest BCUT2D eigenvalue weighted by atomic mass is 16.5. The largest absolute Gasteiger partial charge is 0.497 e. The number of nitrogens with one attached hydrogen (secondary N) is 1. The Hall–Kier alpha value is -3.93. The Bertz CT molecular complexity index is 1230. The molecule has 1 N–H and O–H groups in total. The first kappa shape index (κ1) is 19.4. The zero-order valence-corrected chi connectivity index (χ0v) is 16.5. The molecule has 4 rings (SSSR count). The number of aromatic nitrogens is 2. The first-order valence-corrected chi connectivity index (χ1v) is 9.60. The van der Waals surface area contributed by atoms with Gasteiger partial charge in [-0.2, -0.15) is 5.10 Å². The predicted molar refractivity (Wildman–Crippen MR) is 116 cm³/mol. The van der Waals surface area contributed by atoms with Gasteiger partial charge in [0.2, 0.25) is 0 Å². The highest BCUT2D eigenvalue weighted by Gasteiger charge is 2.16. The van der Waals surface area contributed by atoms with Gasteiger partial charge >= 0.3 is 0 Å². The number of nitrogens with zero attached hydrogens (tertiary/aromatic N) is 2. The Morgan fingerprint density at radius 3 is 2.27 bits per heavy atom. The summed E-state index contributed by atoms with van der Waals surface area (Å²) in [6, 6.07) is 24.1. The highest BCUT2D eigenvalue weighted by molar-refractivity contribution is 6.04. The summed E-state index contributed by atoms with van der Waals surface area (Å²) in [5.74, 6) is 0.426. The fourth-order valence-corrected chi connectivity index (χ4v) is 3.28. The molecule has 0 fully saturated rings. The number of carbonyl (C=O) groups excluding carboxylic acids is 1. The molecule has 0 spiro atoms. The molecule has 1 aromatic heterocycles. The van der Waals surface area contributed by atoms with Crippen molar-refractivity contribution in [2.75, 3.05) is 7.11 Å². The molecule has 6 nitrogen and oxygen atoms in total. The third-order valence-corrected chi connectivity index (χ3v) is 4.87. The van der Waals surface area contributed by atoms with E-state index in [1.54, 1.807) is 31.4 Å². The van der Waals surface area contributed by atoms with Crippen molar-refractivity contribution in [2.45, 2.75) is 13.1 Å². The lowest BCUT2D eigenvalue weighted by Crippen LogP contribution is -2.30. The summed E-state index contributed by atoms with van der Waals surface area (Å²) in [7, 11) is 1.61. The summed E-state index contributed by atoms with van der Waals surface area (Å²) in [6.07, 6.45) is 0. The first-order valence-electron chi connectivity index (χ1n) is 9.60. The van der Waals surface area contributed by atoms with Crippen LogP contribution < -0.4 is 15.6 Å². The average Bonchev–Trinajstić information content (AvgIpc) is 2.80. The number of ether oxygens (including phenoxy) is 1. The van der Waals surface area contributed by atoms with Crippen LogP contribution in [0.25, 0.3) is 10.8 Å². The van der Waals surface area contributed by atoms with Crippen molar-refractivity contribution < 1.29 is 9.53 Å². The van der Waals surface area contributed by atoms with Crippen LogP contribution in [-0.2, 0) is 13.1 Å². The SMILES string of the molecule is COc1ccc(CNC(=O)c2nn(Cc3ccccc3)c(=O)c3ccccc23)cc1. The standard InChI is InChI=1S/C24H21N3O3/c1-30-19-13-11-17(12-14-19)15-25-23(28)22-20-9-5-6-10-21(20)24(29)27(26-22)16-18-7-3-2-4-8-18/h2-14H,15-16H2,1H3,(H,25,28). The summed E-state index contributed by atoms with van der Waals surface area (Å²) < 4.78 is 6.50. The maximum Gasteiger partial charge on any atom is 0.274 e. The molecule has 1 heterocycles. The van der Waals surface area contributed by atoms with Crippen LogP contribution in [0.1, 0.15) is 21.6 Å². The quantitative estimate of drug-likeness (QED) is 0.539. The number of amides is 1. The third kappa shape index (κ3) is 4.07. The molecule has 4 aromatic rings. The summed E-state index contributed by atoms with van der Waals surface area (Å²) in [5.41, 5.74) is 1.88. The van der Waals surface area contributed by atoms with Gasteiger partial charge in [-0.25, -0.2) is 4.68 Å². The van der Waals surface area contributed by atoms with Gasteiger partial charge in [-0.15, -0.1) is 0 Å². The summed E-state index contributed by atoms with van der Waals surface area (Å²) in [5, 5.41) is 8.32. The number of fused-ring (bicyclic) bond motifs is 1. The fraction of sp³-hybridized carbons (Fsp3) is 0.125. The summed E-state index contributed by atoms with van der Waals surface area (Å²) in [4.78, 5) is 25.9. The second-order valence-corrected chi connectivity index (χ2v) is 6.87. The number of benzene rings is 3. The number of hydrogen-bond acceptors (Lipinski definition) is 4. The molecular formula is C24H21N3O3. The summed E-state index contributed by atoms with van der Waals surface area (Å²) >= 11 is 0. The Morgan fingerprint density at radius 1 is 0.900 bits per heavy atom. The van der Waals surface area contributed by atoms with E-state index in [0.717, 1.165) is 16.9 Å². The van der Waals surface area contributed by atoms with E-state index >= 15 is 0 Å². The van der Waals surface area contributed by atoms with Crippen molar-refractivity contribution >= 4 is 16.7 Å². The van der Waals surface area contributed by atoms with E-state index in [1.807, 2.05) is 54.6 Å². The molecule has 0 unspecified atom stereocenters. The van der Waals surface area contributed by atoms with Crippen LogP contribution in [0.3, 0.4) is 0 Å². The average molecular weight is 399 g/mol. The molecular weight excluding hydrogens is 378 g/mol. The van der Waals surface area contributed by atoms with Gasteiger partial charge in [0, 0.05) is 11.9 Å². The van der Waals surface area contributed by atoms with Crippen molar-refractivity contribution in [1.29, 1.82) is 0 Å². The maximum absolute atomic E-state index is 13.0. The minimum Gasteiger partial charge on any atom is -0.497 e. The van der Waals surface area contributed by atoms with Gasteiger partial charge in [-0.1, -0.05) is 60.7 Å². The number of rotatable bonds is 6. The van der Waals surface area contributed by atoms with Crippen molar-refractivity contribution in [2.24, 2.45) is 0 Å². The van der Waals surface area contributed by atoms with E-state index in [4.69, 9.17) is 4.74 Å². The van der Waals surface area contributed by atoms with Gasteiger partial charge in [0.05, 0.1) is 19.0 Å². The normalized spacial score (nSPS) is 10.7. The third-order valence-electron chi connectivity index (χ3n) is 4.87. The lowest BCUT2D eigenvalue weighted by molar-refractivity contribution is 0.0945. The van der Waals surface area contributed by atoms with Crippen LogP contribution in [-0.4, -0.2) is 22.8 Å². The van der Waals surface area contributed by atoms with Gasteiger partial charge in [0.15, 0.2) is 5.69 Å². The Labute approximate surface area is 173 Å². The van der Waals surface area contributed by atoms with E-state index in [9.17, 15) is 9.59 Å². The molecule has 0 atom stereocenters. The lowest BCUT2D eigenvalue weighted by atomic mass is 10.1. The Balaban J connectivity index is 1.65. The molecule has 6 heteroatoms. The maximum atomic E-state index is 13.0. The predicted octanol–water partition coefficient (Wildman–Crippen LogP) is 3.38. The van der Waals surface area contributed by atoms with Gasteiger partial charge in [-0.3, -0.25) is 9.59 Å². The van der Waals surface area contributed by atoms with E-state index < -0.39 is 0 Å². The van der Waals surface area contributed by atoms with Gasteiger partial charge < -0.3 is 10.1 Å². The molecule has 0 aliphatic rings. The second kappa shape index (κ2) is 8.61. The topological polar surface area (TPSA) is 73.2 Å². The number of methoxy groups -OCH3 is 1. The number of hydrogen-bond donors (Lipinski definition) is 1. The summed E-state index contributed by atoms with van der Waals surface area (Å²) in [6.45, 7) is 0.639. The monoisotopic (exact) mass is 399 g/mol. The smallest absolute Gasteiger partial charge is 0.274 e. The molecule has 0 bridgehead atoms. The van der Waals surface area contributed by atoms with E-state index in [1.165, 1.54) is 4.68 Å². The van der Waals surface area contributed by atoms with Crippen LogP contribution in [0.4, 0.5) is 0 Å². The molecule has 1 amide bonds. The second-order valence-electron chi connectivity index (χ2n) is 6.87. The van der Waals surface area contributed by atoms with Crippen molar-refractivity contribution in [3.8, 4) is 5.75 Å². The minimum atomic E-state index is -0.330. The van der Waals surface area contributed by atoms with Crippen molar-refractivity contribution in [3.05, 3.63) is 106 Å². The van der Waals surface area contributed by atoms with Crippen LogP contribution in [0, 0.1) is 0 Å². The minimum absolute atomic E-state index is 0.221. The van der Waals surface area contributed by atoms with Crippen LogP contribution in [0.15, 0.2) is 83.7 Å². The van der Waals surface area contributed by atoms with E-state index in [-0.39, 0.29) is 17.2 Å². The molecule has 150 valence electrons. The highest BCUT2D eigenvalue weighted by Crippen LogP contribution is 2.15. The van der Waals surface area contributed by atoms with Crippen LogP contribution in [0.2, 0.25) is 0 Å². The molecule has 0 aliphatic carbocycles. The Kier molecular flexibility index (Phi) is 5.57. The van der Waals surface area contributed by atoms with Crippen LogP contribution in [0.5, 0.6) is 5.75 Å². The first-order chi connectivity index (χ1) is 14.7. The number of carbonyl (C=O) groups is 1. The van der Waals surface area contributed by atoms with Gasteiger partial charge in [0.25, 0.3) is 11.5 Å². The van der Waals surface area contributed by atoms with E-state index in [2.05, 4.69) is 10.4 Å². The molecule has 0 aliphatic heterocycles. The molecule has 0 radical (unpaired) electrons. The molecule has 30 heavy (non-hydrogen) atoms. The fourth-order valence-electron chi connectivity index (χ4n) is 3.28. The molecule has 3 aromatic carbocycles. The van der Waals surface area contributed by atoms with Crippen molar-refractivity contribution in [3.63, 3.8) is 0 Å². The zero-order valence-electron chi connectivity index (χ0n) is 16.5. The molecule has 0 saturated heterocycles. The Morgan fingerprint density at radius 2 is 1.57 bits per heavy atom. The van der Waals surface area contributed by atoms with Gasteiger partial charge in [-0.05, 0) is 29.3 Å². The van der Waals surface area contributed by atoms with E-state index in [0.29, 0.717) is 23.9 Å². The zero-order chi connectivity index (χ0) is 20.9. The van der Waals surface area contributed by atoms with Crippen LogP contribution >= 0.6 is 0 Å². The molecule has 0 saturated carbocycles. The van der Waals surface area contributed by atoms with Gasteiger partial charge in [0.1, 0.15) is 5.75 Å².